The van der Waals surface area contributed by atoms with Crippen LogP contribution in [0.1, 0.15) is 85.5 Å². The Bertz CT molecular complexity index is 975. The van der Waals surface area contributed by atoms with Crippen molar-refractivity contribution in [2.24, 2.45) is 28.6 Å². The van der Waals surface area contributed by atoms with Gasteiger partial charge in [-0.3, -0.25) is 19.2 Å². The van der Waals surface area contributed by atoms with Gasteiger partial charge in [-0.15, -0.1) is 0 Å². The molecule has 0 radical (unpaired) electrons. The van der Waals surface area contributed by atoms with Gasteiger partial charge in [0.1, 0.15) is 0 Å². The summed E-state index contributed by atoms with van der Waals surface area (Å²) < 4.78 is 11.4. The number of esters is 2. The van der Waals surface area contributed by atoms with Crippen LogP contribution in [0.3, 0.4) is 0 Å². The van der Waals surface area contributed by atoms with Crippen molar-refractivity contribution in [1.82, 2.24) is 0 Å². The molecule has 4 rings (SSSR count). The van der Waals surface area contributed by atoms with Gasteiger partial charge >= 0.3 is 11.9 Å². The van der Waals surface area contributed by atoms with Crippen molar-refractivity contribution in [2.45, 2.75) is 97.2 Å². The van der Waals surface area contributed by atoms with Crippen molar-refractivity contribution in [3.8, 4) is 0 Å². The lowest BCUT2D eigenvalue weighted by Gasteiger charge is -2.60. The Balaban J connectivity index is 1.65. The molecule has 0 aliphatic heterocycles. The molecule has 0 saturated heterocycles. The van der Waals surface area contributed by atoms with E-state index < -0.39 is 35.7 Å². The number of carbonyl (C=O) groups is 4. The third-order valence-corrected chi connectivity index (χ3v) is 10.8. The molecule has 0 unspecified atom stereocenters. The van der Waals surface area contributed by atoms with Gasteiger partial charge in [-0.1, -0.05) is 33.3 Å². The maximum absolute atomic E-state index is 13.8. The summed E-state index contributed by atoms with van der Waals surface area (Å²) >= 11 is 1.43. The lowest BCUT2D eigenvalue weighted by atomic mass is 9.45. The summed E-state index contributed by atoms with van der Waals surface area (Å²) in [6.07, 6.45) is 6.23. The summed E-state index contributed by atoms with van der Waals surface area (Å²) in [5.41, 5.74) is -1.27. The van der Waals surface area contributed by atoms with E-state index >= 15 is 0 Å². The molecule has 0 bridgehead atoms. The fourth-order valence-corrected chi connectivity index (χ4v) is 8.75. The predicted molar refractivity (Wildman–Crippen MR) is 141 cm³/mol. The van der Waals surface area contributed by atoms with Crippen LogP contribution in [0, 0.1) is 28.6 Å². The van der Waals surface area contributed by atoms with Gasteiger partial charge in [0.2, 0.25) is 5.78 Å². The molecule has 0 heterocycles. The minimum absolute atomic E-state index is 0.000170. The van der Waals surface area contributed by atoms with Crippen LogP contribution in [0.2, 0.25) is 0 Å². The van der Waals surface area contributed by atoms with Crippen molar-refractivity contribution in [3.63, 3.8) is 0 Å². The molecule has 37 heavy (non-hydrogen) atoms. The number of aliphatic hydroxyl groups excluding tert-OH is 1. The van der Waals surface area contributed by atoms with Gasteiger partial charge in [0, 0.05) is 18.3 Å². The van der Waals surface area contributed by atoms with Gasteiger partial charge in [-0.25, -0.2) is 0 Å². The first-order chi connectivity index (χ1) is 17.5. The lowest BCUT2D eigenvalue weighted by Crippen LogP contribution is -2.63. The molecule has 0 amide bonds. The van der Waals surface area contributed by atoms with Crippen LogP contribution >= 0.6 is 11.8 Å². The van der Waals surface area contributed by atoms with Gasteiger partial charge in [0.05, 0.1) is 11.9 Å². The largest absolute Gasteiger partial charge is 0.457 e. The molecule has 3 fully saturated rings. The highest BCUT2D eigenvalue weighted by Crippen LogP contribution is 2.68. The highest BCUT2D eigenvalue weighted by Gasteiger charge is 2.70. The normalized spacial score (nSPS) is 38.6. The summed E-state index contributed by atoms with van der Waals surface area (Å²) in [4.78, 5) is 51.0. The van der Waals surface area contributed by atoms with E-state index in [2.05, 4.69) is 6.92 Å². The molecule has 3 saturated carbocycles. The summed E-state index contributed by atoms with van der Waals surface area (Å²) in [5, 5.41) is 11.7. The van der Waals surface area contributed by atoms with Gasteiger partial charge in [0.15, 0.2) is 18.0 Å². The van der Waals surface area contributed by atoms with Crippen LogP contribution in [-0.4, -0.2) is 58.4 Å². The first kappa shape index (κ1) is 28.3. The third kappa shape index (κ3) is 4.81. The maximum atomic E-state index is 13.8. The van der Waals surface area contributed by atoms with Crippen LogP contribution in [0.25, 0.3) is 0 Å². The molecule has 0 aromatic rings. The van der Waals surface area contributed by atoms with E-state index in [1.54, 1.807) is 6.08 Å². The van der Waals surface area contributed by atoms with E-state index in [0.717, 1.165) is 30.6 Å². The molecule has 1 N–H and O–H groups in total. The Morgan fingerprint density at radius 3 is 2.57 bits per heavy atom. The van der Waals surface area contributed by atoms with Crippen molar-refractivity contribution in [1.29, 1.82) is 0 Å². The minimum atomic E-state index is -1.42. The number of Topliss-reactive ketones (excluding diaryl/α,β-unsaturated/α-hetero) is 1. The Morgan fingerprint density at radius 1 is 1.11 bits per heavy atom. The number of fused-ring (bicyclic) bond motifs is 5. The molecule has 206 valence electrons. The van der Waals surface area contributed by atoms with Crippen molar-refractivity contribution < 1.29 is 33.8 Å². The maximum Gasteiger partial charge on any atom is 0.316 e. The topological polar surface area (TPSA) is 107 Å². The van der Waals surface area contributed by atoms with Crippen molar-refractivity contribution >= 4 is 35.3 Å². The zero-order valence-electron chi connectivity index (χ0n) is 22.7. The Kier molecular flexibility index (Phi) is 8.30. The molecule has 4 aliphatic carbocycles. The SMILES string of the molecule is CCCC(=O)O[C@]1(C(=O)COC(=O)CSCC)CC[C@H]2[C@@H]3CCC4=CC(=O)CC[C@]4(C)[C@H]3[C@@H](O)C[C@@]21C. The number of rotatable bonds is 9. The second kappa shape index (κ2) is 10.8. The van der Waals surface area contributed by atoms with Gasteiger partial charge < -0.3 is 14.6 Å². The molecule has 4 aliphatic rings. The fraction of sp³-hybridized carbons (Fsp3) is 0.793. The zero-order valence-corrected chi connectivity index (χ0v) is 23.5. The highest BCUT2D eigenvalue weighted by molar-refractivity contribution is 7.99. The van der Waals surface area contributed by atoms with Gasteiger partial charge in [0.25, 0.3) is 0 Å². The first-order valence-electron chi connectivity index (χ1n) is 13.9. The summed E-state index contributed by atoms with van der Waals surface area (Å²) in [7, 11) is 0. The number of ketones is 2. The van der Waals surface area contributed by atoms with E-state index in [1.807, 2.05) is 20.8 Å². The molecule has 0 spiro atoms. The van der Waals surface area contributed by atoms with E-state index in [4.69, 9.17) is 9.47 Å². The molecular weight excluding hydrogens is 492 g/mol. The predicted octanol–water partition coefficient (Wildman–Crippen LogP) is 4.44. The third-order valence-electron chi connectivity index (χ3n) is 10.00. The first-order valence-corrected chi connectivity index (χ1v) is 15.1. The number of ether oxygens (including phenoxy) is 2. The second-order valence-corrected chi connectivity index (χ2v) is 13.2. The number of hydrogen-bond donors (Lipinski definition) is 1. The second-order valence-electron chi connectivity index (χ2n) is 11.9. The van der Waals surface area contributed by atoms with Crippen LogP contribution in [0.15, 0.2) is 11.6 Å². The average Bonchev–Trinajstić information content (AvgIpc) is 3.13. The molecule has 0 aromatic heterocycles. The van der Waals surface area contributed by atoms with Gasteiger partial charge in [-0.05, 0) is 79.9 Å². The van der Waals surface area contributed by atoms with E-state index in [9.17, 15) is 24.3 Å². The van der Waals surface area contributed by atoms with E-state index in [0.29, 0.717) is 32.1 Å². The van der Waals surface area contributed by atoms with Crippen LogP contribution < -0.4 is 0 Å². The molecule has 7 nitrogen and oxygen atoms in total. The Labute approximate surface area is 224 Å². The van der Waals surface area contributed by atoms with E-state index in [-0.39, 0.29) is 46.9 Å². The van der Waals surface area contributed by atoms with Gasteiger partial charge in [-0.2, -0.15) is 11.8 Å². The van der Waals surface area contributed by atoms with E-state index in [1.165, 1.54) is 11.8 Å². The molecular formula is C29H42O7S. The monoisotopic (exact) mass is 534 g/mol. The number of aliphatic hydroxyl groups is 1. The van der Waals surface area contributed by atoms with Crippen molar-refractivity contribution in [2.75, 3.05) is 18.1 Å². The number of carbonyl (C=O) groups excluding carboxylic acids is 4. The fourth-order valence-electron chi connectivity index (χ4n) is 8.30. The van der Waals surface area contributed by atoms with Crippen LogP contribution in [0.5, 0.6) is 0 Å². The van der Waals surface area contributed by atoms with Crippen LogP contribution in [0.4, 0.5) is 0 Å². The smallest absolute Gasteiger partial charge is 0.316 e. The minimum Gasteiger partial charge on any atom is -0.457 e. The number of allylic oxidation sites excluding steroid dienone is 1. The molecule has 0 aromatic carbocycles. The lowest BCUT2D eigenvalue weighted by molar-refractivity contribution is -0.203. The molecule has 7 atom stereocenters. The Morgan fingerprint density at radius 2 is 1.86 bits per heavy atom. The van der Waals surface area contributed by atoms with Crippen LogP contribution in [-0.2, 0) is 28.7 Å². The van der Waals surface area contributed by atoms with Crippen molar-refractivity contribution in [3.05, 3.63) is 11.6 Å². The quantitative estimate of drug-likeness (QED) is 0.433. The standard InChI is InChI=1S/C29H42O7S/c1-5-7-24(33)36-29(23(32)16-35-25(34)17-37-6-2)13-11-21-20-9-8-18-14-19(30)10-12-27(18,3)26(20)22(31)15-28(21,29)4/h14,20-22,26,31H,5-13,15-17H2,1-4H3/t20-,21-,22-,26+,27-,28-,29-/m0/s1. The zero-order chi connectivity index (χ0) is 27.0. The highest BCUT2D eigenvalue weighted by atomic mass is 32.2. The number of hydrogen-bond acceptors (Lipinski definition) is 8. The summed E-state index contributed by atoms with van der Waals surface area (Å²) in [5.74, 6) is 0.0966. The average molecular weight is 535 g/mol. The molecule has 8 heteroatoms. The number of thioether (sulfide) groups is 1. The Hall–Kier alpha value is -1.67. The summed E-state index contributed by atoms with van der Waals surface area (Å²) in [6, 6.07) is 0. The summed E-state index contributed by atoms with van der Waals surface area (Å²) in [6.45, 7) is 7.59.